The molecule has 2 aromatic heterocycles. The van der Waals surface area contributed by atoms with Crippen molar-refractivity contribution in [3.05, 3.63) is 36.0 Å². The molecule has 0 saturated carbocycles. The summed E-state index contributed by atoms with van der Waals surface area (Å²) in [5, 5.41) is 0. The van der Waals surface area contributed by atoms with Gasteiger partial charge in [-0.1, -0.05) is 0 Å². The zero-order chi connectivity index (χ0) is 20.5. The maximum absolute atomic E-state index is 13.1. The number of likely N-dealkylation sites (tertiary alicyclic amines) is 1. The molecule has 0 unspecified atom stereocenters. The number of hydrogen-bond acceptors (Lipinski definition) is 4. The molecule has 2 saturated heterocycles. The highest BCUT2D eigenvalue weighted by Crippen LogP contribution is 2.23. The Kier molecular flexibility index (Phi) is 5.83. The zero-order valence-corrected chi connectivity index (χ0v) is 18.3. The van der Waals surface area contributed by atoms with Gasteiger partial charge in [0.1, 0.15) is 5.82 Å². The van der Waals surface area contributed by atoms with Gasteiger partial charge in [-0.15, -0.1) is 0 Å². The molecule has 0 N–H and O–H groups in total. The van der Waals surface area contributed by atoms with Crippen LogP contribution in [0.5, 0.6) is 0 Å². The van der Waals surface area contributed by atoms with Gasteiger partial charge in [-0.05, 0) is 65.0 Å². The van der Waals surface area contributed by atoms with Gasteiger partial charge in [-0.25, -0.2) is 0 Å². The molecule has 2 aliphatic heterocycles. The number of rotatable bonds is 4. The number of amides is 1. The predicted octanol–water partition coefficient (Wildman–Crippen LogP) is 2.64. The number of hydrogen-bond donors (Lipinski definition) is 0. The molecule has 2 aliphatic rings. The lowest BCUT2D eigenvalue weighted by Gasteiger charge is -2.38. The lowest BCUT2D eigenvalue weighted by Crippen LogP contribution is -2.49. The Bertz CT molecular complexity index is 842. The maximum atomic E-state index is 13.1. The lowest BCUT2D eigenvalue weighted by molar-refractivity contribution is 0.0663. The minimum atomic E-state index is 0.161. The van der Waals surface area contributed by atoms with E-state index in [4.69, 9.17) is 0 Å². The van der Waals surface area contributed by atoms with Crippen LogP contribution in [0.15, 0.2) is 30.5 Å². The first kappa shape index (κ1) is 20.2. The van der Waals surface area contributed by atoms with Gasteiger partial charge < -0.3 is 19.1 Å². The van der Waals surface area contributed by atoms with Crippen LogP contribution in [0.4, 0.5) is 5.82 Å². The second-order valence-electron chi connectivity index (χ2n) is 9.01. The number of piperidine rings is 1. The molecule has 6 nitrogen and oxygen atoms in total. The molecule has 0 bridgehead atoms. The molecule has 0 aliphatic carbocycles. The molecular formula is C23H35N5O. The monoisotopic (exact) mass is 397 g/mol. The number of pyridine rings is 1. The second-order valence-corrected chi connectivity index (χ2v) is 9.01. The first-order valence-electron chi connectivity index (χ1n) is 11.0. The van der Waals surface area contributed by atoms with E-state index in [0.29, 0.717) is 12.1 Å². The van der Waals surface area contributed by atoms with Crippen molar-refractivity contribution in [1.29, 1.82) is 0 Å². The first-order chi connectivity index (χ1) is 13.9. The molecule has 29 heavy (non-hydrogen) atoms. The predicted molar refractivity (Wildman–Crippen MR) is 119 cm³/mol. The number of aromatic nitrogens is 1. The molecular weight excluding hydrogens is 362 g/mol. The molecule has 4 rings (SSSR count). The van der Waals surface area contributed by atoms with Gasteiger partial charge in [-0.2, -0.15) is 0 Å². The summed E-state index contributed by atoms with van der Waals surface area (Å²) in [5.41, 5.74) is 1.94. The van der Waals surface area contributed by atoms with Crippen molar-refractivity contribution in [1.82, 2.24) is 19.1 Å². The molecule has 0 aromatic carbocycles. The highest BCUT2D eigenvalue weighted by Gasteiger charge is 2.25. The molecule has 158 valence electrons. The van der Waals surface area contributed by atoms with E-state index in [1.165, 1.54) is 5.82 Å². The fraction of sp³-hybridized carbons (Fsp3) is 0.609. The third-order valence-electron chi connectivity index (χ3n) is 6.73. The zero-order valence-electron chi connectivity index (χ0n) is 18.3. The summed E-state index contributed by atoms with van der Waals surface area (Å²) < 4.78 is 2.20. The lowest BCUT2D eigenvalue weighted by atomic mass is 10.0. The van der Waals surface area contributed by atoms with Crippen molar-refractivity contribution in [3.63, 3.8) is 0 Å². The Morgan fingerprint density at radius 2 is 1.62 bits per heavy atom. The Hall–Kier alpha value is -2.05. The maximum Gasteiger partial charge on any atom is 0.255 e. The second kappa shape index (κ2) is 8.36. The summed E-state index contributed by atoms with van der Waals surface area (Å²) in [6.45, 7) is 10.4. The summed E-state index contributed by atoms with van der Waals surface area (Å²) in [4.78, 5) is 22.4. The van der Waals surface area contributed by atoms with Crippen molar-refractivity contribution < 1.29 is 4.79 Å². The smallest absolute Gasteiger partial charge is 0.255 e. The average molecular weight is 398 g/mol. The van der Waals surface area contributed by atoms with E-state index < -0.39 is 0 Å². The molecule has 1 amide bonds. The van der Waals surface area contributed by atoms with Crippen LogP contribution in [0.3, 0.4) is 0 Å². The standard InChI is InChI=1S/C23H35N5O/c1-18(2)25-13-15-26(16-14-25)22-8-7-21-6-5-19(17-28(21)22)23(29)27-11-9-20(10-12-27)24(3)4/h5-8,17-18,20H,9-16H2,1-4H3. The first-order valence-corrected chi connectivity index (χ1v) is 11.0. The van der Waals surface area contributed by atoms with Gasteiger partial charge in [-0.3, -0.25) is 9.69 Å². The van der Waals surface area contributed by atoms with E-state index >= 15 is 0 Å². The van der Waals surface area contributed by atoms with Gasteiger partial charge in [0.2, 0.25) is 0 Å². The van der Waals surface area contributed by atoms with Gasteiger partial charge in [0.15, 0.2) is 0 Å². The Morgan fingerprint density at radius 3 is 2.24 bits per heavy atom. The van der Waals surface area contributed by atoms with Crippen LogP contribution in [-0.2, 0) is 0 Å². The van der Waals surface area contributed by atoms with E-state index in [1.807, 2.05) is 17.2 Å². The van der Waals surface area contributed by atoms with Crippen LogP contribution in [0.1, 0.15) is 37.0 Å². The minimum Gasteiger partial charge on any atom is -0.355 e. The van der Waals surface area contributed by atoms with E-state index in [2.05, 4.69) is 65.2 Å². The number of carbonyl (C=O) groups is 1. The molecule has 6 heteroatoms. The van der Waals surface area contributed by atoms with Crippen LogP contribution in [0, 0.1) is 0 Å². The van der Waals surface area contributed by atoms with Gasteiger partial charge in [0.25, 0.3) is 5.91 Å². The quantitative estimate of drug-likeness (QED) is 0.794. The SMILES string of the molecule is CC(C)N1CCN(c2ccc3ccc(C(=O)N4CCC(N(C)C)CC4)cn23)CC1. The van der Waals surface area contributed by atoms with Crippen LogP contribution in [-0.4, -0.2) is 90.5 Å². The molecule has 4 heterocycles. The number of nitrogens with zero attached hydrogens (tertiary/aromatic N) is 5. The Labute approximate surface area is 174 Å². The van der Waals surface area contributed by atoms with E-state index in [0.717, 1.165) is 63.2 Å². The Balaban J connectivity index is 1.49. The van der Waals surface area contributed by atoms with Crippen molar-refractivity contribution >= 4 is 17.2 Å². The largest absolute Gasteiger partial charge is 0.355 e. The van der Waals surface area contributed by atoms with Crippen LogP contribution in [0.2, 0.25) is 0 Å². The number of piperazine rings is 1. The van der Waals surface area contributed by atoms with Gasteiger partial charge in [0, 0.05) is 63.1 Å². The molecule has 0 atom stereocenters. The summed E-state index contributed by atoms with van der Waals surface area (Å²) >= 11 is 0. The van der Waals surface area contributed by atoms with Crippen molar-refractivity contribution in [3.8, 4) is 0 Å². The molecule has 0 radical (unpaired) electrons. The number of carbonyl (C=O) groups excluding carboxylic acids is 1. The fourth-order valence-corrected chi connectivity index (χ4v) is 4.71. The normalized spacial score (nSPS) is 19.7. The number of anilines is 1. The van der Waals surface area contributed by atoms with Crippen molar-refractivity contribution in [2.24, 2.45) is 0 Å². The minimum absolute atomic E-state index is 0.161. The van der Waals surface area contributed by atoms with Crippen LogP contribution < -0.4 is 4.90 Å². The van der Waals surface area contributed by atoms with Crippen LogP contribution >= 0.6 is 0 Å². The van der Waals surface area contributed by atoms with Gasteiger partial charge in [0.05, 0.1) is 5.56 Å². The molecule has 2 aromatic rings. The van der Waals surface area contributed by atoms with E-state index in [-0.39, 0.29) is 5.91 Å². The summed E-state index contributed by atoms with van der Waals surface area (Å²) in [5.74, 6) is 1.36. The average Bonchev–Trinajstić information content (AvgIpc) is 3.16. The summed E-state index contributed by atoms with van der Waals surface area (Å²) in [6, 6.07) is 9.59. The summed E-state index contributed by atoms with van der Waals surface area (Å²) in [6.07, 6.45) is 4.14. The van der Waals surface area contributed by atoms with E-state index in [9.17, 15) is 4.79 Å². The molecule has 0 spiro atoms. The highest BCUT2D eigenvalue weighted by atomic mass is 16.2. The number of fused-ring (bicyclic) bond motifs is 1. The van der Waals surface area contributed by atoms with Gasteiger partial charge >= 0.3 is 0 Å². The van der Waals surface area contributed by atoms with Crippen molar-refractivity contribution in [2.75, 3.05) is 58.3 Å². The van der Waals surface area contributed by atoms with Crippen molar-refractivity contribution in [2.45, 2.75) is 38.8 Å². The summed E-state index contributed by atoms with van der Waals surface area (Å²) in [7, 11) is 4.26. The Morgan fingerprint density at radius 1 is 0.966 bits per heavy atom. The third-order valence-corrected chi connectivity index (χ3v) is 6.73. The third kappa shape index (κ3) is 4.14. The van der Waals surface area contributed by atoms with Crippen LogP contribution in [0.25, 0.3) is 5.52 Å². The highest BCUT2D eigenvalue weighted by molar-refractivity contribution is 5.94. The topological polar surface area (TPSA) is 34.4 Å². The fourth-order valence-electron chi connectivity index (χ4n) is 4.71. The molecule has 2 fully saturated rings. The van der Waals surface area contributed by atoms with E-state index in [1.54, 1.807) is 0 Å².